The topological polar surface area (TPSA) is 32.9 Å². The number of aromatic amines is 1. The van der Waals surface area contributed by atoms with Crippen molar-refractivity contribution in [2.75, 3.05) is 0 Å². The van der Waals surface area contributed by atoms with Crippen LogP contribution in [0, 0.1) is 6.92 Å². The zero-order valence-corrected chi connectivity index (χ0v) is 10.5. The Hall–Kier alpha value is -1.35. The van der Waals surface area contributed by atoms with Crippen LogP contribution < -0.4 is 4.87 Å². The molecule has 1 heterocycles. The molecule has 0 amide bonds. The van der Waals surface area contributed by atoms with Crippen LogP contribution in [-0.2, 0) is 0 Å². The predicted octanol–water partition coefficient (Wildman–Crippen LogP) is 3.54. The van der Waals surface area contributed by atoms with Gasteiger partial charge in [-0.25, -0.2) is 0 Å². The average Bonchev–Trinajstić information content (AvgIpc) is 2.65. The summed E-state index contributed by atoms with van der Waals surface area (Å²) in [5.41, 5.74) is 4.55. The molecule has 1 aromatic carbocycles. The Balaban J connectivity index is 2.55. The van der Waals surface area contributed by atoms with E-state index < -0.39 is 0 Å². The number of aryl methyl sites for hydroxylation is 1. The summed E-state index contributed by atoms with van der Waals surface area (Å²) < 4.78 is 0. The van der Waals surface area contributed by atoms with E-state index in [2.05, 4.69) is 44.0 Å². The summed E-state index contributed by atoms with van der Waals surface area (Å²) in [6.45, 7) is 6.41. The van der Waals surface area contributed by atoms with Gasteiger partial charge in [0.15, 0.2) is 0 Å². The fraction of sp³-hybridized carbons (Fsp3) is 0.308. The molecular weight excluding hydrogens is 218 g/mol. The van der Waals surface area contributed by atoms with Crippen molar-refractivity contribution in [2.45, 2.75) is 26.7 Å². The molecule has 2 rings (SSSR count). The van der Waals surface area contributed by atoms with E-state index in [4.69, 9.17) is 0 Å². The van der Waals surface area contributed by atoms with Gasteiger partial charge in [-0.05, 0) is 30.0 Å². The largest absolute Gasteiger partial charge is 0.312 e. The Bertz CT molecular complexity index is 551. The highest BCUT2D eigenvalue weighted by atomic mass is 32.1. The van der Waals surface area contributed by atoms with E-state index in [1.165, 1.54) is 22.5 Å². The van der Waals surface area contributed by atoms with Crippen molar-refractivity contribution in [1.82, 2.24) is 4.98 Å². The maximum atomic E-state index is 11.2. The zero-order valence-electron chi connectivity index (χ0n) is 9.70. The average molecular weight is 233 g/mol. The summed E-state index contributed by atoms with van der Waals surface area (Å²) in [6, 6.07) is 6.42. The molecule has 0 atom stereocenters. The number of hydrogen-bond donors (Lipinski definition) is 1. The lowest BCUT2D eigenvalue weighted by molar-refractivity contribution is 0.866. The van der Waals surface area contributed by atoms with Crippen molar-refractivity contribution in [2.24, 2.45) is 0 Å². The van der Waals surface area contributed by atoms with Gasteiger partial charge in [-0.15, -0.1) is 0 Å². The summed E-state index contributed by atoms with van der Waals surface area (Å²) in [6.07, 6.45) is 0. The van der Waals surface area contributed by atoms with Gasteiger partial charge >= 0.3 is 4.87 Å². The van der Waals surface area contributed by atoms with Crippen molar-refractivity contribution in [1.29, 1.82) is 0 Å². The van der Waals surface area contributed by atoms with Crippen molar-refractivity contribution >= 4 is 11.3 Å². The van der Waals surface area contributed by atoms with Crippen molar-refractivity contribution in [3.63, 3.8) is 0 Å². The fourth-order valence-corrected chi connectivity index (χ4v) is 2.28. The molecule has 2 aromatic rings. The lowest BCUT2D eigenvalue weighted by Crippen LogP contribution is -1.95. The van der Waals surface area contributed by atoms with Crippen LogP contribution in [0.4, 0.5) is 0 Å². The van der Waals surface area contributed by atoms with E-state index in [9.17, 15) is 4.79 Å². The molecule has 0 aliphatic heterocycles. The number of H-pyrrole nitrogens is 1. The summed E-state index contributed by atoms with van der Waals surface area (Å²) in [5, 5.41) is 1.88. The van der Waals surface area contributed by atoms with Crippen molar-refractivity contribution in [3.05, 3.63) is 44.4 Å². The highest BCUT2D eigenvalue weighted by molar-refractivity contribution is 7.07. The highest BCUT2D eigenvalue weighted by Crippen LogP contribution is 2.26. The zero-order chi connectivity index (χ0) is 11.7. The van der Waals surface area contributed by atoms with E-state index in [1.54, 1.807) is 0 Å². The van der Waals surface area contributed by atoms with Crippen LogP contribution in [0.15, 0.2) is 28.4 Å². The molecule has 3 heteroatoms. The standard InChI is InChI=1S/C13H15NOS/c1-8(2)10-5-4-9(3)11(6-10)12-7-16-13(15)14-12/h4-8H,1-3H3,(H,14,15). The van der Waals surface area contributed by atoms with Crippen LogP contribution in [0.5, 0.6) is 0 Å². The molecule has 0 saturated carbocycles. The second-order valence-electron chi connectivity index (χ2n) is 4.29. The molecule has 0 fully saturated rings. The van der Waals surface area contributed by atoms with Gasteiger partial charge < -0.3 is 4.98 Å². The van der Waals surface area contributed by atoms with Crippen molar-refractivity contribution < 1.29 is 0 Å². The number of thiazole rings is 1. The second-order valence-corrected chi connectivity index (χ2v) is 5.13. The molecular formula is C13H15NOS. The monoisotopic (exact) mass is 233 g/mol. The number of benzene rings is 1. The maximum absolute atomic E-state index is 11.2. The Labute approximate surface area is 99.0 Å². The van der Waals surface area contributed by atoms with E-state index in [-0.39, 0.29) is 4.87 Å². The first-order valence-corrected chi connectivity index (χ1v) is 6.24. The fourth-order valence-electron chi connectivity index (χ4n) is 1.70. The third-order valence-electron chi connectivity index (χ3n) is 2.74. The number of rotatable bonds is 2. The molecule has 0 saturated heterocycles. The van der Waals surface area contributed by atoms with E-state index in [0.29, 0.717) is 5.92 Å². The minimum Gasteiger partial charge on any atom is -0.312 e. The summed E-state index contributed by atoms with van der Waals surface area (Å²) in [4.78, 5) is 14.0. The molecule has 0 bridgehead atoms. The molecule has 0 aliphatic carbocycles. The minimum absolute atomic E-state index is 0.00403. The highest BCUT2D eigenvalue weighted by Gasteiger charge is 2.07. The molecule has 2 nitrogen and oxygen atoms in total. The molecule has 84 valence electrons. The van der Waals surface area contributed by atoms with Crippen LogP contribution in [0.1, 0.15) is 30.9 Å². The lowest BCUT2D eigenvalue weighted by atomic mass is 9.97. The van der Waals surface area contributed by atoms with Crippen LogP contribution >= 0.6 is 11.3 Å². The summed E-state index contributed by atoms with van der Waals surface area (Å²) >= 11 is 1.21. The summed E-state index contributed by atoms with van der Waals surface area (Å²) in [7, 11) is 0. The predicted molar refractivity (Wildman–Crippen MR) is 69.2 cm³/mol. The Morgan fingerprint density at radius 1 is 1.31 bits per heavy atom. The number of nitrogens with one attached hydrogen (secondary N) is 1. The second kappa shape index (κ2) is 4.26. The molecule has 0 radical (unpaired) electrons. The third kappa shape index (κ3) is 2.09. The smallest absolute Gasteiger partial charge is 0.304 e. The van der Waals surface area contributed by atoms with Gasteiger partial charge in [-0.3, -0.25) is 4.79 Å². The lowest BCUT2D eigenvalue weighted by Gasteiger charge is -2.09. The van der Waals surface area contributed by atoms with Crippen LogP contribution in [0.3, 0.4) is 0 Å². The van der Waals surface area contributed by atoms with Gasteiger partial charge in [0.1, 0.15) is 0 Å². The van der Waals surface area contributed by atoms with Gasteiger partial charge in [0.05, 0.1) is 5.69 Å². The van der Waals surface area contributed by atoms with Crippen LogP contribution in [0.25, 0.3) is 11.3 Å². The quantitative estimate of drug-likeness (QED) is 0.845. The van der Waals surface area contributed by atoms with E-state index >= 15 is 0 Å². The normalized spacial score (nSPS) is 11.0. The molecule has 1 aromatic heterocycles. The molecule has 0 unspecified atom stereocenters. The van der Waals surface area contributed by atoms with Gasteiger partial charge in [0.2, 0.25) is 0 Å². The Kier molecular flexibility index (Phi) is 2.97. The SMILES string of the molecule is Cc1ccc(C(C)C)cc1-c1csc(=O)[nH]1. The first kappa shape index (κ1) is 11.1. The minimum atomic E-state index is 0.00403. The van der Waals surface area contributed by atoms with Crippen molar-refractivity contribution in [3.8, 4) is 11.3 Å². The first-order valence-electron chi connectivity index (χ1n) is 5.36. The molecule has 0 aliphatic rings. The number of hydrogen-bond acceptors (Lipinski definition) is 2. The van der Waals surface area contributed by atoms with Gasteiger partial charge in [-0.2, -0.15) is 0 Å². The summed E-state index contributed by atoms with van der Waals surface area (Å²) in [5.74, 6) is 0.504. The Morgan fingerprint density at radius 2 is 2.06 bits per heavy atom. The van der Waals surface area contributed by atoms with Crippen LogP contribution in [-0.4, -0.2) is 4.98 Å². The molecule has 1 N–H and O–H groups in total. The molecule has 0 spiro atoms. The van der Waals surface area contributed by atoms with E-state index in [1.807, 2.05) is 5.38 Å². The maximum Gasteiger partial charge on any atom is 0.304 e. The van der Waals surface area contributed by atoms with Gasteiger partial charge in [-0.1, -0.05) is 37.3 Å². The van der Waals surface area contributed by atoms with Gasteiger partial charge in [0, 0.05) is 10.9 Å². The van der Waals surface area contributed by atoms with E-state index in [0.717, 1.165) is 11.3 Å². The van der Waals surface area contributed by atoms with Gasteiger partial charge in [0.25, 0.3) is 0 Å². The first-order chi connectivity index (χ1) is 7.58. The third-order valence-corrected chi connectivity index (χ3v) is 3.41. The Morgan fingerprint density at radius 3 is 2.62 bits per heavy atom. The van der Waals surface area contributed by atoms with Crippen LogP contribution in [0.2, 0.25) is 0 Å². The molecule has 16 heavy (non-hydrogen) atoms. The number of aromatic nitrogens is 1.